The first-order valence-electron chi connectivity index (χ1n) is 11.1. The Labute approximate surface area is 224 Å². The van der Waals surface area contributed by atoms with E-state index in [2.05, 4.69) is 20.9 Å². The van der Waals surface area contributed by atoms with Gasteiger partial charge in [-0.05, 0) is 44.4 Å². The van der Waals surface area contributed by atoms with Gasteiger partial charge in [0.15, 0.2) is 11.5 Å². The number of alkyl halides is 3. The van der Waals surface area contributed by atoms with Crippen molar-refractivity contribution in [3.05, 3.63) is 81.7 Å². The first-order chi connectivity index (χ1) is 17.8. The number of amides is 2. The monoisotopic (exact) mass is 565 g/mol. The van der Waals surface area contributed by atoms with Gasteiger partial charge in [0.2, 0.25) is 0 Å². The van der Waals surface area contributed by atoms with Crippen LogP contribution >= 0.6 is 23.2 Å². The number of fused-ring (bicyclic) bond motifs is 1. The minimum atomic E-state index is -4.86. The van der Waals surface area contributed by atoms with Crippen LogP contribution in [0.1, 0.15) is 47.3 Å². The summed E-state index contributed by atoms with van der Waals surface area (Å²) >= 11 is 12.7. The number of nitrogens with one attached hydrogen (secondary N) is 2. The molecule has 0 atom stereocenters. The third-order valence-electron chi connectivity index (χ3n) is 5.09. The van der Waals surface area contributed by atoms with Gasteiger partial charge in [-0.15, -0.1) is 0 Å². The van der Waals surface area contributed by atoms with Crippen LogP contribution in [0.5, 0.6) is 0 Å². The molecule has 2 aromatic carbocycles. The summed E-state index contributed by atoms with van der Waals surface area (Å²) in [5.74, 6) is -1.98. The Morgan fingerprint density at radius 3 is 2.37 bits per heavy atom. The zero-order valence-electron chi connectivity index (χ0n) is 20.2. The highest BCUT2D eigenvalue weighted by molar-refractivity contribution is 6.40. The second-order valence-electron chi connectivity index (χ2n) is 9.07. The van der Waals surface area contributed by atoms with Crippen LogP contribution in [0.4, 0.5) is 18.9 Å². The predicted molar refractivity (Wildman–Crippen MR) is 137 cm³/mol. The normalized spacial score (nSPS) is 12.0. The number of pyridine rings is 1. The average molecular weight is 566 g/mol. The van der Waals surface area contributed by atoms with Crippen LogP contribution in [0.15, 0.2) is 54.7 Å². The van der Waals surface area contributed by atoms with Crippen LogP contribution in [-0.2, 0) is 11.0 Å². The van der Waals surface area contributed by atoms with Crippen molar-refractivity contribution in [1.82, 2.24) is 20.2 Å². The lowest BCUT2D eigenvalue weighted by Gasteiger charge is -2.20. The third-order valence-corrected chi connectivity index (χ3v) is 5.78. The maximum atomic E-state index is 13.5. The van der Waals surface area contributed by atoms with E-state index in [9.17, 15) is 22.8 Å². The lowest BCUT2D eigenvalue weighted by atomic mass is 10.0. The molecule has 0 saturated carbocycles. The van der Waals surface area contributed by atoms with E-state index in [4.69, 9.17) is 28.0 Å². The molecule has 0 bridgehead atoms. The first-order valence-corrected chi connectivity index (χ1v) is 11.8. The summed E-state index contributed by atoms with van der Waals surface area (Å²) in [5.41, 5.74) is -0.527. The van der Waals surface area contributed by atoms with E-state index in [1.165, 1.54) is 24.4 Å². The Morgan fingerprint density at radius 1 is 1.00 bits per heavy atom. The molecule has 0 saturated heterocycles. The second-order valence-corrected chi connectivity index (χ2v) is 9.85. The molecule has 0 radical (unpaired) electrons. The van der Waals surface area contributed by atoms with Gasteiger partial charge in [-0.2, -0.15) is 18.3 Å². The van der Waals surface area contributed by atoms with Gasteiger partial charge in [0.1, 0.15) is 5.69 Å². The van der Waals surface area contributed by atoms with Crippen LogP contribution in [0.3, 0.4) is 0 Å². The number of carbonyl (C=O) groups excluding carboxylic acids is 2. The molecule has 0 aliphatic rings. The van der Waals surface area contributed by atoms with Crippen LogP contribution in [0, 0.1) is 0 Å². The number of rotatable bonds is 5. The van der Waals surface area contributed by atoms with Crippen LogP contribution < -0.4 is 10.8 Å². The number of anilines is 1. The van der Waals surface area contributed by atoms with Crippen molar-refractivity contribution in [1.29, 1.82) is 0 Å². The van der Waals surface area contributed by atoms with E-state index < -0.39 is 35.0 Å². The van der Waals surface area contributed by atoms with Crippen molar-refractivity contribution in [2.45, 2.75) is 32.5 Å². The second kappa shape index (κ2) is 10.2. The number of hydrogen-bond donors (Lipinski definition) is 2. The van der Waals surface area contributed by atoms with Crippen molar-refractivity contribution in [3.8, 4) is 5.82 Å². The van der Waals surface area contributed by atoms with Crippen LogP contribution in [-0.4, -0.2) is 32.2 Å². The molecule has 2 heterocycles. The van der Waals surface area contributed by atoms with Crippen molar-refractivity contribution in [3.63, 3.8) is 0 Å². The molecule has 0 aliphatic heterocycles. The van der Waals surface area contributed by atoms with Gasteiger partial charge in [-0.1, -0.05) is 47.5 Å². The highest BCUT2D eigenvalue weighted by Gasteiger charge is 2.37. The average Bonchev–Trinajstić information content (AvgIpc) is 3.30. The van der Waals surface area contributed by atoms with Gasteiger partial charge in [0, 0.05) is 17.6 Å². The van der Waals surface area contributed by atoms with Crippen molar-refractivity contribution in [2.24, 2.45) is 0 Å². The standard InChI is InChI=1S/C25H20Cl2F3N5O3/c1-24(2,3)38-34-22(36)15-11-13-7-4-5-8-14(13)19(27)20(15)32-23(37)17-12-18(25(28,29)30)33-35(17)21-16(26)9-6-10-31-21/h4-12H,1-3H3,(H,32,37)(H,34,36). The molecule has 0 unspecified atom stereocenters. The molecule has 2 amide bonds. The van der Waals surface area contributed by atoms with Crippen LogP contribution in [0.2, 0.25) is 10.0 Å². The molecule has 4 rings (SSSR count). The summed E-state index contributed by atoms with van der Waals surface area (Å²) < 4.78 is 41.3. The van der Waals surface area contributed by atoms with E-state index in [0.717, 1.165) is 0 Å². The third kappa shape index (κ3) is 5.74. The number of nitrogens with zero attached hydrogens (tertiary/aromatic N) is 3. The topological polar surface area (TPSA) is 98.1 Å². The molecule has 13 heteroatoms. The van der Waals surface area contributed by atoms with Gasteiger partial charge in [0.25, 0.3) is 11.8 Å². The van der Waals surface area contributed by atoms with E-state index in [0.29, 0.717) is 21.5 Å². The lowest BCUT2D eigenvalue weighted by Crippen LogP contribution is -2.34. The smallest absolute Gasteiger partial charge is 0.319 e. The highest BCUT2D eigenvalue weighted by atomic mass is 35.5. The van der Waals surface area contributed by atoms with Crippen LogP contribution in [0.25, 0.3) is 16.6 Å². The quantitative estimate of drug-likeness (QED) is 0.271. The van der Waals surface area contributed by atoms with Gasteiger partial charge in [-0.3, -0.25) is 14.4 Å². The molecule has 2 N–H and O–H groups in total. The molecule has 0 spiro atoms. The maximum absolute atomic E-state index is 13.5. The Kier molecular flexibility index (Phi) is 7.37. The Bertz CT molecular complexity index is 1550. The number of hydroxylamine groups is 1. The van der Waals surface area contributed by atoms with E-state index in [-0.39, 0.29) is 27.1 Å². The van der Waals surface area contributed by atoms with E-state index in [1.54, 1.807) is 45.0 Å². The zero-order chi connectivity index (χ0) is 27.8. The summed E-state index contributed by atoms with van der Waals surface area (Å²) in [4.78, 5) is 35.8. The number of halogens is 5. The maximum Gasteiger partial charge on any atom is 0.435 e. The summed E-state index contributed by atoms with van der Waals surface area (Å²) in [5, 5.41) is 7.02. The molecule has 38 heavy (non-hydrogen) atoms. The molecule has 4 aromatic rings. The predicted octanol–water partition coefficient (Wildman–Crippen LogP) is 6.46. The molecule has 2 aromatic heterocycles. The number of aromatic nitrogens is 3. The van der Waals surface area contributed by atoms with Gasteiger partial charge >= 0.3 is 6.18 Å². The lowest BCUT2D eigenvalue weighted by molar-refractivity contribution is -0.141. The van der Waals surface area contributed by atoms with Crippen molar-refractivity contribution >= 4 is 51.5 Å². The van der Waals surface area contributed by atoms with E-state index in [1.807, 2.05) is 0 Å². The number of carbonyl (C=O) groups is 2. The van der Waals surface area contributed by atoms with Gasteiger partial charge < -0.3 is 5.32 Å². The fourth-order valence-corrected chi connectivity index (χ4v) is 3.94. The molecule has 8 nitrogen and oxygen atoms in total. The van der Waals surface area contributed by atoms with Gasteiger partial charge in [0.05, 0.1) is 26.9 Å². The van der Waals surface area contributed by atoms with Gasteiger partial charge in [-0.25, -0.2) is 15.1 Å². The fourth-order valence-electron chi connectivity index (χ4n) is 3.41. The largest absolute Gasteiger partial charge is 0.435 e. The van der Waals surface area contributed by atoms with Crippen molar-refractivity contribution in [2.75, 3.05) is 5.32 Å². The summed E-state index contributed by atoms with van der Waals surface area (Å²) in [7, 11) is 0. The molecule has 0 aliphatic carbocycles. The Morgan fingerprint density at radius 2 is 1.71 bits per heavy atom. The first kappa shape index (κ1) is 27.4. The van der Waals surface area contributed by atoms with Crippen molar-refractivity contribution < 1.29 is 27.6 Å². The summed E-state index contributed by atoms with van der Waals surface area (Å²) in [6.45, 7) is 5.14. The minimum Gasteiger partial charge on any atom is -0.319 e. The molecule has 198 valence electrons. The minimum absolute atomic E-state index is 0.00432. The Balaban J connectivity index is 1.83. The zero-order valence-corrected chi connectivity index (χ0v) is 21.7. The highest BCUT2D eigenvalue weighted by Crippen LogP contribution is 2.36. The molecule has 0 fully saturated rings. The summed E-state index contributed by atoms with van der Waals surface area (Å²) in [6.07, 6.45) is -3.58. The van der Waals surface area contributed by atoms with E-state index >= 15 is 0 Å². The fraction of sp³-hybridized carbons (Fsp3) is 0.200. The summed E-state index contributed by atoms with van der Waals surface area (Å²) in [6, 6.07) is 11.7. The Hall–Kier alpha value is -3.67. The number of hydrogen-bond acceptors (Lipinski definition) is 5. The number of benzene rings is 2. The SMILES string of the molecule is CC(C)(C)ONC(=O)c1cc2ccccc2c(Cl)c1NC(=O)c1cc(C(F)(F)F)nn1-c1ncccc1Cl. The molecular weight excluding hydrogens is 546 g/mol. The molecular formula is C25H20Cl2F3N5O3.